The first-order chi connectivity index (χ1) is 6.33. The number of hydrogen-bond donors (Lipinski definition) is 0. The summed E-state index contributed by atoms with van der Waals surface area (Å²) in [5, 5.41) is 2.83. The van der Waals surface area contributed by atoms with E-state index in [2.05, 4.69) is 11.8 Å². The van der Waals surface area contributed by atoms with Crippen molar-refractivity contribution in [1.29, 1.82) is 0 Å². The minimum absolute atomic E-state index is 0.220. The molecule has 0 unspecified atom stereocenters. The lowest BCUT2D eigenvalue weighted by Gasteiger charge is -2.01. The first kappa shape index (κ1) is 9.32. The fourth-order valence-corrected chi connectivity index (χ4v) is 1.14. The zero-order valence-corrected chi connectivity index (χ0v) is 7.06. The molecule has 1 aromatic rings. The van der Waals surface area contributed by atoms with Crippen LogP contribution in [0.5, 0.6) is 0 Å². The third kappa shape index (κ3) is 1.87. The Labute approximate surface area is 76.1 Å². The van der Waals surface area contributed by atoms with E-state index in [0.717, 1.165) is 5.56 Å². The standard InChI is InChI=1S/C10H9NO2/c1-2-4-8-5-3-6-9(7-12)10(8)11-13/h2-3,5-7H,1,4H2. The molecular formula is C10H9NO2. The quantitative estimate of drug-likeness (QED) is 0.401. The second-order valence-electron chi connectivity index (χ2n) is 2.56. The third-order valence-electron chi connectivity index (χ3n) is 1.73. The van der Waals surface area contributed by atoms with Crippen molar-refractivity contribution in [3.8, 4) is 0 Å². The maximum Gasteiger partial charge on any atom is 0.152 e. The molecule has 0 fully saturated rings. The van der Waals surface area contributed by atoms with Gasteiger partial charge in [-0.1, -0.05) is 18.2 Å². The molecule has 0 spiro atoms. The Morgan fingerprint density at radius 3 is 2.77 bits per heavy atom. The highest BCUT2D eigenvalue weighted by molar-refractivity contribution is 5.84. The normalized spacial score (nSPS) is 9.23. The van der Waals surface area contributed by atoms with E-state index in [1.807, 2.05) is 0 Å². The van der Waals surface area contributed by atoms with Crippen LogP contribution in [0.15, 0.2) is 36.0 Å². The molecule has 0 aliphatic carbocycles. The van der Waals surface area contributed by atoms with Gasteiger partial charge >= 0.3 is 0 Å². The number of rotatable bonds is 4. The Balaban J connectivity index is 3.25. The maximum absolute atomic E-state index is 10.5. The van der Waals surface area contributed by atoms with Crippen LogP contribution in [-0.2, 0) is 6.42 Å². The van der Waals surface area contributed by atoms with Crippen LogP contribution in [0.1, 0.15) is 15.9 Å². The van der Waals surface area contributed by atoms with Gasteiger partial charge in [-0.2, -0.15) is 0 Å². The highest BCUT2D eigenvalue weighted by atomic mass is 16.3. The summed E-state index contributed by atoms with van der Waals surface area (Å²) >= 11 is 0. The molecule has 3 nitrogen and oxygen atoms in total. The molecule has 0 atom stereocenters. The first-order valence-electron chi connectivity index (χ1n) is 3.84. The second kappa shape index (κ2) is 4.30. The number of aldehydes is 1. The summed E-state index contributed by atoms with van der Waals surface area (Å²) in [6.07, 6.45) is 2.84. The van der Waals surface area contributed by atoms with E-state index in [4.69, 9.17) is 0 Å². The number of benzene rings is 1. The Kier molecular flexibility index (Phi) is 3.09. The molecule has 1 aromatic carbocycles. The lowest BCUT2D eigenvalue weighted by molar-refractivity contribution is 0.112. The zero-order chi connectivity index (χ0) is 9.68. The Bertz CT molecular complexity index is 345. The molecule has 0 aliphatic rings. The van der Waals surface area contributed by atoms with E-state index in [-0.39, 0.29) is 5.69 Å². The Morgan fingerprint density at radius 2 is 2.23 bits per heavy atom. The first-order valence-corrected chi connectivity index (χ1v) is 3.84. The minimum Gasteiger partial charge on any atom is -0.298 e. The summed E-state index contributed by atoms with van der Waals surface area (Å²) in [6.45, 7) is 3.55. The summed E-state index contributed by atoms with van der Waals surface area (Å²) in [4.78, 5) is 21.0. The van der Waals surface area contributed by atoms with Crippen LogP contribution in [0.25, 0.3) is 0 Å². The minimum atomic E-state index is 0.220. The molecule has 0 N–H and O–H groups in total. The fraction of sp³-hybridized carbons (Fsp3) is 0.100. The maximum atomic E-state index is 10.5. The number of carbonyl (C=O) groups excluding carboxylic acids is 1. The molecule has 0 aromatic heterocycles. The molecule has 1 rings (SSSR count). The number of nitrogens with zero attached hydrogens (tertiary/aromatic N) is 1. The third-order valence-corrected chi connectivity index (χ3v) is 1.73. The molecule has 13 heavy (non-hydrogen) atoms. The van der Waals surface area contributed by atoms with E-state index in [1.54, 1.807) is 24.3 Å². The van der Waals surface area contributed by atoms with E-state index >= 15 is 0 Å². The van der Waals surface area contributed by atoms with E-state index in [9.17, 15) is 9.70 Å². The van der Waals surface area contributed by atoms with Crippen molar-refractivity contribution < 1.29 is 4.79 Å². The van der Waals surface area contributed by atoms with Gasteiger partial charge in [0.2, 0.25) is 0 Å². The van der Waals surface area contributed by atoms with Gasteiger partial charge in [0.15, 0.2) is 6.29 Å². The van der Waals surface area contributed by atoms with E-state index < -0.39 is 0 Å². The smallest absolute Gasteiger partial charge is 0.152 e. The Hall–Kier alpha value is -1.77. The highest BCUT2D eigenvalue weighted by Gasteiger charge is 2.06. The lowest BCUT2D eigenvalue weighted by Crippen LogP contribution is -1.87. The van der Waals surface area contributed by atoms with Crippen molar-refractivity contribution in [3.63, 3.8) is 0 Å². The largest absolute Gasteiger partial charge is 0.298 e. The van der Waals surface area contributed by atoms with Crippen LogP contribution >= 0.6 is 0 Å². The fourth-order valence-electron chi connectivity index (χ4n) is 1.14. The topological polar surface area (TPSA) is 46.5 Å². The van der Waals surface area contributed by atoms with Gasteiger partial charge in [-0.15, -0.1) is 11.5 Å². The predicted octanol–water partition coefficient (Wildman–Crippen LogP) is 2.63. The van der Waals surface area contributed by atoms with Crippen LogP contribution < -0.4 is 0 Å². The van der Waals surface area contributed by atoms with Crippen LogP contribution in [0.4, 0.5) is 5.69 Å². The molecule has 0 radical (unpaired) electrons. The lowest BCUT2D eigenvalue weighted by atomic mass is 10.1. The summed E-state index contributed by atoms with van der Waals surface area (Å²) in [5.41, 5.74) is 1.28. The van der Waals surface area contributed by atoms with Gasteiger partial charge in [-0.3, -0.25) is 4.79 Å². The predicted molar refractivity (Wildman–Crippen MR) is 51.2 cm³/mol. The Morgan fingerprint density at radius 1 is 1.46 bits per heavy atom. The average Bonchev–Trinajstić information content (AvgIpc) is 2.18. The molecule has 66 valence electrons. The molecule has 3 heteroatoms. The molecule has 0 bridgehead atoms. The van der Waals surface area contributed by atoms with Gasteiger partial charge in [-0.25, -0.2) is 0 Å². The van der Waals surface area contributed by atoms with E-state index in [0.29, 0.717) is 18.3 Å². The van der Waals surface area contributed by atoms with Crippen molar-refractivity contribution in [2.75, 3.05) is 0 Å². The molecule has 0 heterocycles. The van der Waals surface area contributed by atoms with Gasteiger partial charge in [0, 0.05) is 5.56 Å². The van der Waals surface area contributed by atoms with Crippen molar-refractivity contribution in [2.24, 2.45) is 5.18 Å². The SMILES string of the molecule is C=CCc1cccc(C=O)c1N=O. The summed E-state index contributed by atoms with van der Waals surface area (Å²) < 4.78 is 0. The van der Waals surface area contributed by atoms with Gasteiger partial charge in [-0.05, 0) is 23.2 Å². The van der Waals surface area contributed by atoms with Crippen molar-refractivity contribution in [2.45, 2.75) is 6.42 Å². The number of allylic oxidation sites excluding steroid dienone is 1. The molecule has 0 saturated heterocycles. The van der Waals surface area contributed by atoms with Gasteiger partial charge in [0.1, 0.15) is 5.69 Å². The number of nitroso groups, excluding NO2 is 1. The summed E-state index contributed by atoms with van der Waals surface area (Å²) in [6, 6.07) is 5.04. The average molecular weight is 175 g/mol. The van der Waals surface area contributed by atoms with Crippen LogP contribution in [-0.4, -0.2) is 6.29 Å². The van der Waals surface area contributed by atoms with E-state index in [1.165, 1.54) is 0 Å². The van der Waals surface area contributed by atoms with Crippen molar-refractivity contribution in [3.05, 3.63) is 46.9 Å². The van der Waals surface area contributed by atoms with Crippen LogP contribution in [0.3, 0.4) is 0 Å². The summed E-state index contributed by atoms with van der Waals surface area (Å²) in [7, 11) is 0. The van der Waals surface area contributed by atoms with Gasteiger partial charge in [0.25, 0.3) is 0 Å². The molecule has 0 amide bonds. The number of carbonyl (C=O) groups is 1. The molecular weight excluding hydrogens is 166 g/mol. The van der Waals surface area contributed by atoms with Crippen LogP contribution in [0.2, 0.25) is 0 Å². The molecule has 0 aliphatic heterocycles. The highest BCUT2D eigenvalue weighted by Crippen LogP contribution is 2.23. The monoisotopic (exact) mass is 175 g/mol. The van der Waals surface area contributed by atoms with Crippen LogP contribution in [0, 0.1) is 4.91 Å². The van der Waals surface area contributed by atoms with Gasteiger partial charge in [0.05, 0.1) is 0 Å². The van der Waals surface area contributed by atoms with Crippen molar-refractivity contribution in [1.82, 2.24) is 0 Å². The molecule has 0 saturated carbocycles. The zero-order valence-electron chi connectivity index (χ0n) is 7.06. The van der Waals surface area contributed by atoms with Gasteiger partial charge < -0.3 is 0 Å². The number of hydrogen-bond acceptors (Lipinski definition) is 3. The second-order valence-corrected chi connectivity index (χ2v) is 2.56. The van der Waals surface area contributed by atoms with Crippen molar-refractivity contribution >= 4 is 12.0 Å². The summed E-state index contributed by atoms with van der Waals surface area (Å²) in [5.74, 6) is 0.